The monoisotopic (exact) mass is 353 g/mol. The number of hydrazone groups is 1. The summed E-state index contributed by atoms with van der Waals surface area (Å²) in [5.74, 6) is -0.807. The standard InChI is InChI=1S/C20H20FN3O2/c1-14-13-16(21)7-8-17(14)22-19(25)9-10-20(26)24-12-11-18(23-24)15-5-3-2-4-6-15/h2-8,13H,9-12H2,1H3,(H,22,25). The van der Waals surface area contributed by atoms with Crippen molar-refractivity contribution in [2.24, 2.45) is 5.10 Å². The van der Waals surface area contributed by atoms with Crippen molar-refractivity contribution in [3.8, 4) is 0 Å². The first-order valence-corrected chi connectivity index (χ1v) is 8.52. The molecule has 0 radical (unpaired) electrons. The molecule has 0 atom stereocenters. The van der Waals surface area contributed by atoms with Crippen LogP contribution in [0.5, 0.6) is 0 Å². The maximum Gasteiger partial charge on any atom is 0.243 e. The molecule has 1 aliphatic rings. The van der Waals surface area contributed by atoms with Gasteiger partial charge in [-0.3, -0.25) is 9.59 Å². The van der Waals surface area contributed by atoms with Crippen molar-refractivity contribution in [1.82, 2.24) is 5.01 Å². The Bertz CT molecular complexity index is 849. The van der Waals surface area contributed by atoms with Gasteiger partial charge in [0.1, 0.15) is 5.82 Å². The summed E-state index contributed by atoms with van der Waals surface area (Å²) >= 11 is 0. The Balaban J connectivity index is 1.52. The summed E-state index contributed by atoms with van der Waals surface area (Å²) in [7, 11) is 0. The van der Waals surface area contributed by atoms with E-state index in [4.69, 9.17) is 0 Å². The topological polar surface area (TPSA) is 61.8 Å². The summed E-state index contributed by atoms with van der Waals surface area (Å²) < 4.78 is 13.1. The van der Waals surface area contributed by atoms with Gasteiger partial charge in [-0.05, 0) is 36.2 Å². The van der Waals surface area contributed by atoms with Crippen LogP contribution in [0.3, 0.4) is 0 Å². The Hall–Kier alpha value is -3.02. The molecule has 2 amide bonds. The molecule has 0 saturated carbocycles. The largest absolute Gasteiger partial charge is 0.326 e. The quantitative estimate of drug-likeness (QED) is 0.894. The first-order chi connectivity index (χ1) is 12.5. The van der Waals surface area contributed by atoms with Crippen molar-refractivity contribution in [3.63, 3.8) is 0 Å². The van der Waals surface area contributed by atoms with E-state index in [1.54, 1.807) is 6.92 Å². The van der Waals surface area contributed by atoms with Crippen molar-refractivity contribution >= 4 is 23.2 Å². The molecule has 0 fully saturated rings. The minimum Gasteiger partial charge on any atom is -0.326 e. The van der Waals surface area contributed by atoms with Crippen LogP contribution in [0.25, 0.3) is 0 Å². The van der Waals surface area contributed by atoms with Gasteiger partial charge in [0.15, 0.2) is 0 Å². The van der Waals surface area contributed by atoms with Crippen LogP contribution in [0.4, 0.5) is 10.1 Å². The van der Waals surface area contributed by atoms with Crippen LogP contribution in [0, 0.1) is 12.7 Å². The summed E-state index contributed by atoms with van der Waals surface area (Å²) in [4.78, 5) is 24.3. The molecule has 0 unspecified atom stereocenters. The van der Waals surface area contributed by atoms with Gasteiger partial charge in [-0.2, -0.15) is 5.10 Å². The predicted octanol–water partition coefficient (Wildman–Crippen LogP) is 3.49. The average molecular weight is 353 g/mol. The second-order valence-corrected chi connectivity index (χ2v) is 6.19. The number of amides is 2. The molecule has 0 aromatic heterocycles. The average Bonchev–Trinajstić information content (AvgIpc) is 3.13. The number of nitrogens with zero attached hydrogens (tertiary/aromatic N) is 2. The van der Waals surface area contributed by atoms with Crippen molar-refractivity contribution < 1.29 is 14.0 Å². The fraction of sp³-hybridized carbons (Fsp3) is 0.250. The third kappa shape index (κ3) is 4.33. The Kier molecular flexibility index (Phi) is 5.41. The number of halogens is 1. The van der Waals surface area contributed by atoms with Gasteiger partial charge in [0.25, 0.3) is 0 Å². The maximum absolute atomic E-state index is 13.1. The normalized spacial score (nSPS) is 13.5. The highest BCUT2D eigenvalue weighted by atomic mass is 19.1. The Morgan fingerprint density at radius 2 is 1.92 bits per heavy atom. The maximum atomic E-state index is 13.1. The lowest BCUT2D eigenvalue weighted by atomic mass is 10.1. The Labute approximate surface area is 151 Å². The van der Waals surface area contributed by atoms with E-state index in [2.05, 4.69) is 10.4 Å². The van der Waals surface area contributed by atoms with Crippen LogP contribution in [-0.4, -0.2) is 29.1 Å². The van der Waals surface area contributed by atoms with Gasteiger partial charge in [-0.1, -0.05) is 30.3 Å². The lowest BCUT2D eigenvalue weighted by Gasteiger charge is -2.12. The highest BCUT2D eigenvalue weighted by Gasteiger charge is 2.22. The molecule has 134 valence electrons. The van der Waals surface area contributed by atoms with Crippen molar-refractivity contribution in [2.45, 2.75) is 26.2 Å². The molecule has 0 saturated heterocycles. The summed E-state index contributed by atoms with van der Waals surface area (Å²) in [5.41, 5.74) is 3.08. The number of carbonyl (C=O) groups is 2. The van der Waals surface area contributed by atoms with Crippen LogP contribution in [-0.2, 0) is 9.59 Å². The van der Waals surface area contributed by atoms with E-state index >= 15 is 0 Å². The zero-order chi connectivity index (χ0) is 18.5. The fourth-order valence-corrected chi connectivity index (χ4v) is 2.80. The summed E-state index contributed by atoms with van der Waals surface area (Å²) in [6, 6.07) is 13.9. The minimum atomic E-state index is -0.350. The number of nitrogens with one attached hydrogen (secondary N) is 1. The molecule has 0 aliphatic carbocycles. The zero-order valence-corrected chi connectivity index (χ0v) is 14.5. The molecular weight excluding hydrogens is 333 g/mol. The van der Waals surface area contributed by atoms with Gasteiger partial charge >= 0.3 is 0 Å². The van der Waals surface area contributed by atoms with E-state index in [-0.39, 0.29) is 30.5 Å². The van der Waals surface area contributed by atoms with Gasteiger partial charge in [0, 0.05) is 24.9 Å². The molecule has 1 heterocycles. The Morgan fingerprint density at radius 3 is 2.65 bits per heavy atom. The fourth-order valence-electron chi connectivity index (χ4n) is 2.80. The minimum absolute atomic E-state index is 0.0579. The molecular formula is C20H20FN3O2. The molecule has 1 aliphatic heterocycles. The number of hydrogen-bond donors (Lipinski definition) is 1. The lowest BCUT2D eigenvalue weighted by molar-refractivity contribution is -0.132. The van der Waals surface area contributed by atoms with E-state index in [1.165, 1.54) is 23.2 Å². The molecule has 6 heteroatoms. The van der Waals surface area contributed by atoms with Crippen molar-refractivity contribution in [3.05, 3.63) is 65.5 Å². The summed E-state index contributed by atoms with van der Waals surface area (Å²) in [6.45, 7) is 2.25. The summed E-state index contributed by atoms with van der Waals surface area (Å²) in [6.07, 6.45) is 0.844. The third-order valence-electron chi connectivity index (χ3n) is 4.23. The zero-order valence-electron chi connectivity index (χ0n) is 14.5. The molecule has 3 rings (SSSR count). The van der Waals surface area contributed by atoms with Gasteiger partial charge in [-0.15, -0.1) is 0 Å². The van der Waals surface area contributed by atoms with E-state index in [9.17, 15) is 14.0 Å². The second-order valence-electron chi connectivity index (χ2n) is 6.19. The van der Waals surface area contributed by atoms with Crippen LogP contribution in [0.15, 0.2) is 53.6 Å². The molecule has 2 aromatic carbocycles. The highest BCUT2D eigenvalue weighted by Crippen LogP contribution is 2.17. The molecule has 2 aromatic rings. The smallest absolute Gasteiger partial charge is 0.243 e. The number of rotatable bonds is 5. The third-order valence-corrected chi connectivity index (χ3v) is 4.23. The summed E-state index contributed by atoms with van der Waals surface area (Å²) in [5, 5.41) is 8.51. The molecule has 5 nitrogen and oxygen atoms in total. The van der Waals surface area contributed by atoms with Crippen molar-refractivity contribution in [1.29, 1.82) is 0 Å². The Morgan fingerprint density at radius 1 is 1.15 bits per heavy atom. The lowest BCUT2D eigenvalue weighted by Crippen LogP contribution is -2.25. The van der Waals surface area contributed by atoms with E-state index in [0.29, 0.717) is 24.2 Å². The number of hydrogen-bond acceptors (Lipinski definition) is 3. The highest BCUT2D eigenvalue weighted by molar-refractivity contribution is 6.02. The number of carbonyl (C=O) groups excluding carboxylic acids is 2. The van der Waals surface area contributed by atoms with E-state index in [0.717, 1.165) is 11.3 Å². The van der Waals surface area contributed by atoms with Crippen molar-refractivity contribution in [2.75, 3.05) is 11.9 Å². The van der Waals surface area contributed by atoms with Gasteiger partial charge in [0.2, 0.25) is 11.8 Å². The molecule has 1 N–H and O–H groups in total. The van der Waals surface area contributed by atoms with Crippen LogP contribution >= 0.6 is 0 Å². The number of anilines is 1. The molecule has 26 heavy (non-hydrogen) atoms. The van der Waals surface area contributed by atoms with E-state index < -0.39 is 0 Å². The molecule has 0 bridgehead atoms. The van der Waals surface area contributed by atoms with Crippen LogP contribution < -0.4 is 5.32 Å². The van der Waals surface area contributed by atoms with E-state index in [1.807, 2.05) is 30.3 Å². The SMILES string of the molecule is Cc1cc(F)ccc1NC(=O)CCC(=O)N1CCC(c2ccccc2)=N1. The van der Waals surface area contributed by atoms with Gasteiger partial charge in [-0.25, -0.2) is 9.40 Å². The predicted molar refractivity (Wildman–Crippen MR) is 98.3 cm³/mol. The first kappa shape index (κ1) is 17.8. The first-order valence-electron chi connectivity index (χ1n) is 8.52. The number of aryl methyl sites for hydroxylation is 1. The van der Waals surface area contributed by atoms with Crippen LogP contribution in [0.2, 0.25) is 0 Å². The van der Waals surface area contributed by atoms with Gasteiger partial charge in [0.05, 0.1) is 12.3 Å². The van der Waals surface area contributed by atoms with Crippen LogP contribution in [0.1, 0.15) is 30.4 Å². The number of benzene rings is 2. The van der Waals surface area contributed by atoms with Gasteiger partial charge < -0.3 is 5.32 Å². The molecule has 0 spiro atoms. The second kappa shape index (κ2) is 7.91.